The second-order valence-corrected chi connectivity index (χ2v) is 7.88. The van der Waals surface area contributed by atoms with E-state index in [4.69, 9.17) is 18.7 Å². The van der Waals surface area contributed by atoms with Crippen LogP contribution in [-0.4, -0.2) is 60.5 Å². The monoisotopic (exact) mass is 466 g/mol. The lowest BCUT2D eigenvalue weighted by Gasteiger charge is -2.36. The highest BCUT2D eigenvalue weighted by atomic mass is 16.7. The molecule has 11 heteroatoms. The summed E-state index contributed by atoms with van der Waals surface area (Å²) in [6, 6.07) is 13.7. The topological polar surface area (TPSA) is 120 Å². The lowest BCUT2D eigenvalue weighted by Crippen LogP contribution is -2.49. The molecule has 0 bridgehead atoms. The van der Waals surface area contributed by atoms with Crippen LogP contribution in [0.2, 0.25) is 0 Å². The minimum absolute atomic E-state index is 0.0518. The predicted octanol–water partition coefficient (Wildman–Crippen LogP) is 2.84. The first-order valence-electron chi connectivity index (χ1n) is 10.8. The van der Waals surface area contributed by atoms with Crippen LogP contribution in [0.4, 0.5) is 11.4 Å². The third-order valence-electron chi connectivity index (χ3n) is 5.75. The molecule has 3 heterocycles. The molecular formula is C23H22N4O7. The summed E-state index contributed by atoms with van der Waals surface area (Å²) in [4.78, 5) is 26.8. The molecule has 1 fully saturated rings. The maximum atomic E-state index is 12.5. The van der Waals surface area contributed by atoms with Gasteiger partial charge in [-0.1, -0.05) is 5.16 Å². The molecule has 0 N–H and O–H groups in total. The van der Waals surface area contributed by atoms with Gasteiger partial charge in [-0.15, -0.1) is 0 Å². The van der Waals surface area contributed by atoms with E-state index in [0.717, 1.165) is 11.3 Å². The highest BCUT2D eigenvalue weighted by Crippen LogP contribution is 2.36. The lowest BCUT2D eigenvalue weighted by molar-refractivity contribution is -0.384. The molecular weight excluding hydrogens is 444 g/mol. The van der Waals surface area contributed by atoms with Crippen LogP contribution >= 0.6 is 0 Å². The zero-order chi connectivity index (χ0) is 23.5. The van der Waals surface area contributed by atoms with Crippen LogP contribution in [0.3, 0.4) is 0 Å². The molecule has 1 aromatic heterocycles. The van der Waals surface area contributed by atoms with Crippen LogP contribution in [0.5, 0.6) is 11.5 Å². The highest BCUT2D eigenvalue weighted by Gasteiger charge is 2.22. The number of nitro benzene ring substituents is 1. The molecule has 0 aliphatic carbocycles. The standard InChI is InChI=1S/C23H22N4O7/c28-23(26-9-7-25(8-10-26)18-2-4-19(5-3-18)27(29)30)14-31-13-17-12-21(34-24-17)16-1-6-20-22(11-16)33-15-32-20/h1-6,11-12H,7-10,13-15H2. The Labute approximate surface area is 194 Å². The van der Waals surface area contributed by atoms with Crippen LogP contribution in [0.15, 0.2) is 53.1 Å². The summed E-state index contributed by atoms with van der Waals surface area (Å²) < 4.78 is 21.7. The number of anilines is 1. The molecule has 0 radical (unpaired) electrons. The van der Waals surface area contributed by atoms with Gasteiger partial charge < -0.3 is 28.5 Å². The van der Waals surface area contributed by atoms with Gasteiger partial charge in [-0.2, -0.15) is 0 Å². The van der Waals surface area contributed by atoms with E-state index in [2.05, 4.69) is 10.1 Å². The number of nitro groups is 1. The zero-order valence-electron chi connectivity index (χ0n) is 18.2. The van der Waals surface area contributed by atoms with Crippen molar-refractivity contribution in [3.63, 3.8) is 0 Å². The van der Waals surface area contributed by atoms with E-state index in [1.807, 2.05) is 18.2 Å². The van der Waals surface area contributed by atoms with Crippen LogP contribution < -0.4 is 14.4 Å². The number of non-ortho nitro benzene ring substituents is 1. The van der Waals surface area contributed by atoms with E-state index in [9.17, 15) is 14.9 Å². The quantitative estimate of drug-likeness (QED) is 0.382. The summed E-state index contributed by atoms with van der Waals surface area (Å²) in [5.74, 6) is 1.83. The Kier molecular flexibility index (Phi) is 6.00. The van der Waals surface area contributed by atoms with Gasteiger partial charge in [0.2, 0.25) is 12.7 Å². The Morgan fingerprint density at radius 1 is 1.03 bits per heavy atom. The summed E-state index contributed by atoms with van der Waals surface area (Å²) >= 11 is 0. The molecule has 0 spiro atoms. The van der Waals surface area contributed by atoms with E-state index in [0.29, 0.717) is 49.1 Å². The van der Waals surface area contributed by atoms with Gasteiger partial charge in [0.05, 0.1) is 11.5 Å². The fraction of sp³-hybridized carbons (Fsp3) is 0.304. The molecule has 1 saturated heterocycles. The molecule has 2 aliphatic heterocycles. The van der Waals surface area contributed by atoms with Gasteiger partial charge in [0.25, 0.3) is 5.69 Å². The van der Waals surface area contributed by atoms with Crippen molar-refractivity contribution in [1.82, 2.24) is 10.1 Å². The summed E-state index contributed by atoms with van der Waals surface area (Å²) in [6.45, 7) is 2.70. The van der Waals surface area contributed by atoms with Crippen molar-refractivity contribution in [1.29, 1.82) is 0 Å². The van der Waals surface area contributed by atoms with Gasteiger partial charge in [0.15, 0.2) is 17.3 Å². The number of aromatic nitrogens is 1. The molecule has 2 aromatic carbocycles. The van der Waals surface area contributed by atoms with Crippen molar-refractivity contribution in [2.24, 2.45) is 0 Å². The maximum absolute atomic E-state index is 12.5. The smallest absolute Gasteiger partial charge is 0.269 e. The molecule has 0 saturated carbocycles. The molecule has 176 valence electrons. The summed E-state index contributed by atoms with van der Waals surface area (Å²) in [5.41, 5.74) is 2.36. The van der Waals surface area contributed by atoms with Crippen molar-refractivity contribution >= 4 is 17.3 Å². The van der Waals surface area contributed by atoms with E-state index < -0.39 is 4.92 Å². The van der Waals surface area contributed by atoms with E-state index in [-0.39, 0.29) is 31.6 Å². The normalized spacial score (nSPS) is 14.9. The number of carbonyl (C=O) groups is 1. The zero-order valence-corrected chi connectivity index (χ0v) is 18.2. The van der Waals surface area contributed by atoms with Crippen LogP contribution in [0.25, 0.3) is 11.3 Å². The Bertz CT molecular complexity index is 1190. The number of amides is 1. The molecule has 0 unspecified atom stereocenters. The van der Waals surface area contributed by atoms with Crippen LogP contribution in [-0.2, 0) is 16.1 Å². The van der Waals surface area contributed by atoms with E-state index in [1.54, 1.807) is 23.1 Å². The number of nitrogens with zero attached hydrogens (tertiary/aromatic N) is 4. The highest BCUT2D eigenvalue weighted by molar-refractivity contribution is 5.77. The number of piperazine rings is 1. The summed E-state index contributed by atoms with van der Waals surface area (Å²) in [6.07, 6.45) is 0. The molecule has 34 heavy (non-hydrogen) atoms. The number of fused-ring (bicyclic) bond motifs is 1. The number of ether oxygens (including phenoxy) is 3. The van der Waals surface area contributed by atoms with Gasteiger partial charge in [0.1, 0.15) is 12.3 Å². The predicted molar refractivity (Wildman–Crippen MR) is 120 cm³/mol. The first kappa shape index (κ1) is 21.7. The SMILES string of the molecule is O=C(COCc1cc(-c2ccc3c(c2)OCO3)on1)N1CCN(c2ccc([N+](=O)[O-])cc2)CC1. The number of hydrogen-bond donors (Lipinski definition) is 0. The van der Waals surface area contributed by atoms with Crippen LogP contribution in [0, 0.1) is 10.1 Å². The Morgan fingerprint density at radius 3 is 2.56 bits per heavy atom. The van der Waals surface area contributed by atoms with Gasteiger partial charge in [-0.05, 0) is 30.3 Å². The fourth-order valence-electron chi connectivity index (χ4n) is 3.90. The molecule has 0 atom stereocenters. The molecule has 5 rings (SSSR count). The second kappa shape index (κ2) is 9.40. The van der Waals surface area contributed by atoms with Gasteiger partial charge in [0, 0.05) is 55.6 Å². The minimum atomic E-state index is -0.419. The molecule has 3 aromatic rings. The summed E-state index contributed by atoms with van der Waals surface area (Å²) in [5, 5.41) is 14.8. The van der Waals surface area contributed by atoms with Crippen LogP contribution in [0.1, 0.15) is 5.69 Å². The van der Waals surface area contributed by atoms with Gasteiger partial charge >= 0.3 is 0 Å². The van der Waals surface area contributed by atoms with E-state index in [1.165, 1.54) is 12.1 Å². The number of benzene rings is 2. The van der Waals surface area contributed by atoms with Crippen molar-refractivity contribution in [2.45, 2.75) is 6.61 Å². The average molecular weight is 466 g/mol. The third-order valence-corrected chi connectivity index (χ3v) is 5.75. The molecule has 2 aliphatic rings. The summed E-state index contributed by atoms with van der Waals surface area (Å²) in [7, 11) is 0. The maximum Gasteiger partial charge on any atom is 0.269 e. The largest absolute Gasteiger partial charge is 0.454 e. The van der Waals surface area contributed by atoms with Gasteiger partial charge in [-0.3, -0.25) is 14.9 Å². The van der Waals surface area contributed by atoms with E-state index >= 15 is 0 Å². The number of carbonyl (C=O) groups excluding carboxylic acids is 1. The van der Waals surface area contributed by atoms with Crippen molar-refractivity contribution in [3.05, 3.63) is 64.3 Å². The second-order valence-electron chi connectivity index (χ2n) is 7.88. The Hall–Kier alpha value is -4.12. The van der Waals surface area contributed by atoms with Gasteiger partial charge in [-0.25, -0.2) is 0 Å². The average Bonchev–Trinajstić information content (AvgIpc) is 3.53. The van der Waals surface area contributed by atoms with Crippen molar-refractivity contribution in [3.8, 4) is 22.8 Å². The number of hydrogen-bond acceptors (Lipinski definition) is 9. The third kappa shape index (κ3) is 4.64. The minimum Gasteiger partial charge on any atom is -0.454 e. The Morgan fingerprint density at radius 2 is 1.79 bits per heavy atom. The van der Waals surface area contributed by atoms with Crippen molar-refractivity contribution < 1.29 is 28.5 Å². The fourth-order valence-corrected chi connectivity index (χ4v) is 3.90. The first-order chi connectivity index (χ1) is 16.6. The van der Waals surface area contributed by atoms with Crippen molar-refractivity contribution in [2.75, 3.05) is 44.5 Å². The first-order valence-corrected chi connectivity index (χ1v) is 10.8. The molecule has 1 amide bonds. The number of rotatable bonds is 7. The lowest BCUT2D eigenvalue weighted by atomic mass is 10.1. The molecule has 11 nitrogen and oxygen atoms in total. The Balaban J connectivity index is 1.08.